The maximum atomic E-state index is 3.79. The lowest BCUT2D eigenvalue weighted by Crippen LogP contribution is -2.42. The first-order valence-electron chi connectivity index (χ1n) is 3.65. The summed E-state index contributed by atoms with van der Waals surface area (Å²) in [6.45, 7) is 6.92. The fraction of sp³-hybridized carbons (Fsp3) is 1.00. The van der Waals surface area contributed by atoms with Gasteiger partial charge in [-0.15, -0.1) is 0 Å². The fourth-order valence-electron chi connectivity index (χ4n) is 1.24. The summed E-state index contributed by atoms with van der Waals surface area (Å²) in [5.41, 5.74) is 0.450. The van der Waals surface area contributed by atoms with Gasteiger partial charge in [-0.3, -0.25) is 0 Å². The van der Waals surface area contributed by atoms with Gasteiger partial charge in [-0.1, -0.05) is 43.1 Å². The Bertz CT molecular complexity index is 106. The van der Waals surface area contributed by atoms with Crippen LogP contribution in [0.4, 0.5) is 0 Å². The van der Waals surface area contributed by atoms with E-state index in [9.17, 15) is 0 Å². The molecule has 1 aliphatic carbocycles. The Labute approximate surface area is 66.2 Å². The molecule has 0 nitrogen and oxygen atoms in total. The molecule has 0 amide bonds. The number of alkyl halides is 1. The molecule has 0 aromatic rings. The standard InChI is InChI=1S/C8H15Br/c1-7(2,3)8(9)5-4-6-8/h4-6H2,1-3H3. The molecule has 0 spiro atoms. The zero-order chi connectivity index (χ0) is 7.12. The molecular weight excluding hydrogens is 176 g/mol. The normalized spacial score (nSPS) is 25.3. The molecule has 0 N–H and O–H groups in total. The van der Waals surface area contributed by atoms with Crippen LogP contribution in [0.2, 0.25) is 0 Å². The summed E-state index contributed by atoms with van der Waals surface area (Å²) in [6.07, 6.45) is 4.12. The second-order valence-corrected chi connectivity index (χ2v) is 5.59. The average molecular weight is 191 g/mol. The van der Waals surface area contributed by atoms with Crippen LogP contribution in [0.3, 0.4) is 0 Å². The van der Waals surface area contributed by atoms with Crippen molar-refractivity contribution in [1.29, 1.82) is 0 Å². The summed E-state index contributed by atoms with van der Waals surface area (Å²) in [7, 11) is 0. The van der Waals surface area contributed by atoms with Crippen LogP contribution >= 0.6 is 15.9 Å². The third-order valence-corrected chi connectivity index (χ3v) is 4.47. The van der Waals surface area contributed by atoms with Crippen molar-refractivity contribution < 1.29 is 0 Å². The molecule has 0 aromatic heterocycles. The van der Waals surface area contributed by atoms with Crippen molar-refractivity contribution in [2.24, 2.45) is 5.41 Å². The highest BCUT2D eigenvalue weighted by Gasteiger charge is 2.44. The van der Waals surface area contributed by atoms with E-state index in [1.807, 2.05) is 0 Å². The van der Waals surface area contributed by atoms with E-state index in [0.717, 1.165) is 0 Å². The minimum absolute atomic E-state index is 0.450. The molecule has 1 rings (SSSR count). The molecule has 0 radical (unpaired) electrons. The number of hydrogen-bond donors (Lipinski definition) is 0. The molecule has 1 fully saturated rings. The summed E-state index contributed by atoms with van der Waals surface area (Å²) in [6, 6.07) is 0. The highest BCUT2D eigenvalue weighted by molar-refractivity contribution is 9.10. The molecule has 0 unspecified atom stereocenters. The average Bonchev–Trinajstić information content (AvgIpc) is 1.57. The van der Waals surface area contributed by atoms with E-state index in [0.29, 0.717) is 9.74 Å². The van der Waals surface area contributed by atoms with Gasteiger partial charge in [-0.25, -0.2) is 0 Å². The molecule has 0 atom stereocenters. The predicted molar refractivity (Wildman–Crippen MR) is 45.0 cm³/mol. The van der Waals surface area contributed by atoms with Crippen molar-refractivity contribution in [3.63, 3.8) is 0 Å². The van der Waals surface area contributed by atoms with E-state index in [4.69, 9.17) is 0 Å². The summed E-state index contributed by atoms with van der Waals surface area (Å²) >= 11 is 3.79. The van der Waals surface area contributed by atoms with Crippen LogP contribution in [0.15, 0.2) is 0 Å². The maximum absolute atomic E-state index is 3.79. The van der Waals surface area contributed by atoms with Gasteiger partial charge in [-0.2, -0.15) is 0 Å². The fourth-order valence-corrected chi connectivity index (χ4v) is 1.80. The molecule has 9 heavy (non-hydrogen) atoms. The van der Waals surface area contributed by atoms with Gasteiger partial charge in [0.2, 0.25) is 0 Å². The first kappa shape index (κ1) is 7.59. The van der Waals surface area contributed by atoms with Gasteiger partial charge in [0.25, 0.3) is 0 Å². The van der Waals surface area contributed by atoms with Gasteiger partial charge in [0.05, 0.1) is 0 Å². The van der Waals surface area contributed by atoms with Crippen LogP contribution in [0.5, 0.6) is 0 Å². The first-order valence-corrected chi connectivity index (χ1v) is 4.44. The monoisotopic (exact) mass is 190 g/mol. The van der Waals surface area contributed by atoms with E-state index in [1.54, 1.807) is 0 Å². The van der Waals surface area contributed by atoms with Gasteiger partial charge in [-0.05, 0) is 18.3 Å². The SMILES string of the molecule is CC(C)(C)C1(Br)CCC1. The maximum Gasteiger partial charge on any atom is 0.0306 e. The molecular formula is C8H15Br. The van der Waals surface area contributed by atoms with E-state index >= 15 is 0 Å². The second-order valence-electron chi connectivity index (χ2n) is 4.07. The van der Waals surface area contributed by atoms with Gasteiger partial charge in [0.15, 0.2) is 0 Å². The Hall–Kier alpha value is 0.480. The van der Waals surface area contributed by atoms with Crippen LogP contribution in [-0.4, -0.2) is 4.32 Å². The van der Waals surface area contributed by atoms with Crippen molar-refractivity contribution in [2.75, 3.05) is 0 Å². The van der Waals surface area contributed by atoms with Crippen molar-refractivity contribution in [3.8, 4) is 0 Å². The van der Waals surface area contributed by atoms with E-state index in [1.165, 1.54) is 19.3 Å². The summed E-state index contributed by atoms with van der Waals surface area (Å²) < 4.78 is 0.472. The summed E-state index contributed by atoms with van der Waals surface area (Å²) in [4.78, 5) is 0. The topological polar surface area (TPSA) is 0 Å². The van der Waals surface area contributed by atoms with Crippen LogP contribution in [-0.2, 0) is 0 Å². The molecule has 0 heterocycles. The van der Waals surface area contributed by atoms with Gasteiger partial charge >= 0.3 is 0 Å². The smallest absolute Gasteiger partial charge is 0.0306 e. The zero-order valence-electron chi connectivity index (χ0n) is 6.50. The van der Waals surface area contributed by atoms with Crippen molar-refractivity contribution in [1.82, 2.24) is 0 Å². The first-order chi connectivity index (χ1) is 3.96. The minimum Gasteiger partial charge on any atom is -0.0848 e. The summed E-state index contributed by atoms with van der Waals surface area (Å²) in [5.74, 6) is 0. The Balaban J connectivity index is 2.59. The van der Waals surface area contributed by atoms with Crippen molar-refractivity contribution in [2.45, 2.75) is 44.4 Å². The molecule has 1 heteroatoms. The molecule has 0 aromatic carbocycles. The van der Waals surface area contributed by atoms with Gasteiger partial charge in [0, 0.05) is 4.32 Å². The quantitative estimate of drug-likeness (QED) is 0.515. The molecule has 1 saturated carbocycles. The van der Waals surface area contributed by atoms with Crippen LogP contribution in [0.1, 0.15) is 40.0 Å². The Morgan fingerprint density at radius 1 is 1.22 bits per heavy atom. The second kappa shape index (κ2) is 1.98. The lowest BCUT2D eigenvalue weighted by molar-refractivity contribution is 0.189. The predicted octanol–water partition coefficient (Wildman–Crippen LogP) is 3.35. The number of rotatable bonds is 0. The molecule has 0 bridgehead atoms. The Morgan fingerprint density at radius 3 is 1.67 bits per heavy atom. The lowest BCUT2D eigenvalue weighted by atomic mass is 9.68. The molecule has 1 aliphatic rings. The molecule has 0 saturated heterocycles. The Morgan fingerprint density at radius 2 is 1.67 bits per heavy atom. The molecule has 0 aliphatic heterocycles. The largest absolute Gasteiger partial charge is 0.0848 e. The van der Waals surface area contributed by atoms with E-state index in [-0.39, 0.29) is 0 Å². The van der Waals surface area contributed by atoms with Crippen molar-refractivity contribution >= 4 is 15.9 Å². The number of halogens is 1. The van der Waals surface area contributed by atoms with Gasteiger partial charge < -0.3 is 0 Å². The van der Waals surface area contributed by atoms with E-state index in [2.05, 4.69) is 36.7 Å². The van der Waals surface area contributed by atoms with E-state index < -0.39 is 0 Å². The highest BCUT2D eigenvalue weighted by atomic mass is 79.9. The van der Waals surface area contributed by atoms with Crippen LogP contribution in [0.25, 0.3) is 0 Å². The third kappa shape index (κ3) is 1.17. The minimum atomic E-state index is 0.450. The summed E-state index contributed by atoms with van der Waals surface area (Å²) in [5, 5.41) is 0. The van der Waals surface area contributed by atoms with Gasteiger partial charge in [0.1, 0.15) is 0 Å². The zero-order valence-corrected chi connectivity index (χ0v) is 8.09. The van der Waals surface area contributed by atoms with Crippen LogP contribution in [0, 0.1) is 5.41 Å². The highest BCUT2D eigenvalue weighted by Crippen LogP contribution is 2.52. The molecule has 54 valence electrons. The van der Waals surface area contributed by atoms with Crippen molar-refractivity contribution in [3.05, 3.63) is 0 Å². The third-order valence-electron chi connectivity index (χ3n) is 2.49. The van der Waals surface area contributed by atoms with Crippen LogP contribution < -0.4 is 0 Å². The lowest BCUT2D eigenvalue weighted by Gasteiger charge is -2.47. The number of hydrogen-bond acceptors (Lipinski definition) is 0. The Kier molecular flexibility index (Phi) is 1.67.